The molecule has 6 heteroatoms. The average molecular weight is 645 g/mol. The van der Waals surface area contributed by atoms with E-state index in [4.69, 9.17) is 20.0 Å². The van der Waals surface area contributed by atoms with Crippen LogP contribution >= 0.6 is 0 Å². The van der Waals surface area contributed by atoms with Gasteiger partial charge in [0, 0.05) is 22.3 Å². The largest absolute Gasteiger partial charge is 0.508 e. The molecule has 236 valence electrons. The molecule has 4 aromatic rings. The number of aromatic hydroxyl groups is 2. The van der Waals surface area contributed by atoms with Crippen LogP contribution in [0.15, 0.2) is 201 Å². The third kappa shape index (κ3) is 5.16. The molecule has 2 N–H and O–H groups in total. The number of benzene rings is 4. The second kappa shape index (κ2) is 12.0. The van der Waals surface area contributed by atoms with E-state index in [1.165, 1.54) is 0 Å². The Morgan fingerprint density at radius 2 is 0.600 bits per heavy atom. The maximum absolute atomic E-state index is 10.5. The first kappa shape index (κ1) is 29.2. The van der Waals surface area contributed by atoms with Crippen molar-refractivity contribution in [2.75, 3.05) is 0 Å². The highest BCUT2D eigenvalue weighted by atomic mass is 16.3. The third-order valence-corrected chi connectivity index (χ3v) is 9.00. The standard InChI is InChI=1S/C44H28N4O2/c49-31-15-7-13-29(25-31)43-37-21-19-35(46-37)41(27-9-3-1-4-10-27)33-17-18-34(45-33)42(28-11-5-2-6-12-28)36-20-22-38(47-36)44(40-24-23-39(43)48-40)30-14-8-16-32(50)26-30/h1-26,49-50H. The van der Waals surface area contributed by atoms with E-state index in [-0.39, 0.29) is 11.5 Å². The Morgan fingerprint density at radius 3 is 0.920 bits per heavy atom. The van der Waals surface area contributed by atoms with Crippen LogP contribution in [0.4, 0.5) is 0 Å². The molecule has 5 aliphatic rings. The van der Waals surface area contributed by atoms with E-state index < -0.39 is 0 Å². The van der Waals surface area contributed by atoms with Gasteiger partial charge in [0.15, 0.2) is 0 Å². The summed E-state index contributed by atoms with van der Waals surface area (Å²) in [6, 6.07) is 34.7. The molecular formula is C44H28N4O2. The van der Waals surface area contributed by atoms with Gasteiger partial charge < -0.3 is 10.2 Å². The molecule has 0 saturated heterocycles. The minimum atomic E-state index is 0.150. The highest BCUT2D eigenvalue weighted by Crippen LogP contribution is 2.39. The van der Waals surface area contributed by atoms with Crippen LogP contribution in [-0.2, 0) is 0 Å². The first-order valence-corrected chi connectivity index (χ1v) is 16.3. The highest BCUT2D eigenvalue weighted by molar-refractivity contribution is 6.39. The highest BCUT2D eigenvalue weighted by Gasteiger charge is 2.27. The van der Waals surface area contributed by atoms with Crippen LogP contribution in [0.1, 0.15) is 22.3 Å². The van der Waals surface area contributed by atoms with Crippen molar-refractivity contribution in [3.05, 3.63) is 203 Å². The molecule has 0 unspecified atom stereocenters. The summed E-state index contributed by atoms with van der Waals surface area (Å²) in [5, 5.41) is 21.1. The summed E-state index contributed by atoms with van der Waals surface area (Å²) in [5.41, 5.74) is 12.9. The van der Waals surface area contributed by atoms with Gasteiger partial charge in [0.25, 0.3) is 0 Å². The molecule has 0 saturated carbocycles. The Bertz CT molecular complexity index is 2430. The molecule has 4 aromatic carbocycles. The van der Waals surface area contributed by atoms with Crippen molar-refractivity contribution in [3.8, 4) is 11.5 Å². The zero-order valence-electron chi connectivity index (χ0n) is 26.7. The predicted octanol–water partition coefficient (Wildman–Crippen LogP) is 9.10. The van der Waals surface area contributed by atoms with E-state index >= 15 is 0 Å². The Balaban J connectivity index is 1.38. The number of rotatable bonds is 4. The van der Waals surface area contributed by atoms with E-state index in [0.717, 1.165) is 67.4 Å². The van der Waals surface area contributed by atoms with Crippen LogP contribution in [0.2, 0.25) is 0 Å². The summed E-state index contributed by atoms with van der Waals surface area (Å²) in [6.45, 7) is 0. The average Bonchev–Trinajstić information content (AvgIpc) is 3.97. The number of phenolic OH excluding ortho intramolecular Hbond substituents is 2. The Kier molecular flexibility index (Phi) is 6.99. The minimum absolute atomic E-state index is 0.150. The smallest absolute Gasteiger partial charge is 0.116 e. The van der Waals surface area contributed by atoms with Gasteiger partial charge in [-0.1, -0.05) is 84.9 Å². The molecule has 0 amide bonds. The summed E-state index contributed by atoms with van der Waals surface area (Å²) in [6.07, 6.45) is 16.1. The molecule has 5 heterocycles. The molecule has 0 spiro atoms. The van der Waals surface area contributed by atoms with Crippen LogP contribution in [-0.4, -0.2) is 33.1 Å². The van der Waals surface area contributed by atoms with Crippen molar-refractivity contribution in [1.29, 1.82) is 0 Å². The summed E-state index contributed by atoms with van der Waals surface area (Å²) >= 11 is 0. The number of allylic oxidation sites excluding steroid dienone is 12. The number of phenols is 2. The van der Waals surface area contributed by atoms with Gasteiger partial charge in [0.05, 0.1) is 45.6 Å². The maximum atomic E-state index is 10.5. The van der Waals surface area contributed by atoms with Crippen LogP contribution in [0, 0.1) is 0 Å². The van der Waals surface area contributed by atoms with Gasteiger partial charge in [-0.05, 0) is 95.1 Å². The number of aliphatic imine (C=N–C) groups is 4. The first-order chi connectivity index (χ1) is 24.6. The van der Waals surface area contributed by atoms with Gasteiger partial charge in [-0.15, -0.1) is 0 Å². The molecular weight excluding hydrogens is 617 g/mol. The lowest BCUT2D eigenvalue weighted by molar-refractivity contribution is 0.474. The third-order valence-electron chi connectivity index (χ3n) is 9.00. The van der Waals surface area contributed by atoms with E-state index in [0.29, 0.717) is 22.8 Å². The van der Waals surface area contributed by atoms with Crippen molar-refractivity contribution in [1.82, 2.24) is 0 Å². The Labute approximate surface area is 289 Å². The minimum Gasteiger partial charge on any atom is -0.508 e. The number of fused-ring (bicyclic) bond motifs is 4. The molecule has 0 atom stereocenters. The maximum Gasteiger partial charge on any atom is 0.116 e. The van der Waals surface area contributed by atoms with Gasteiger partial charge in [-0.2, -0.15) is 0 Å². The van der Waals surface area contributed by atoms with Gasteiger partial charge >= 0.3 is 0 Å². The molecule has 8 bridgehead atoms. The molecule has 50 heavy (non-hydrogen) atoms. The topological polar surface area (TPSA) is 89.9 Å². The Hall–Kier alpha value is -6.92. The van der Waals surface area contributed by atoms with Gasteiger partial charge in [0.2, 0.25) is 0 Å². The Morgan fingerprint density at radius 1 is 0.300 bits per heavy atom. The summed E-state index contributed by atoms with van der Waals surface area (Å²) in [7, 11) is 0. The zero-order valence-corrected chi connectivity index (χ0v) is 26.7. The second-order valence-corrected chi connectivity index (χ2v) is 12.2. The normalized spacial score (nSPS) is 17.6. The lowest BCUT2D eigenvalue weighted by Crippen LogP contribution is -2.03. The van der Waals surface area contributed by atoms with Crippen LogP contribution in [0.25, 0.3) is 22.3 Å². The van der Waals surface area contributed by atoms with Gasteiger partial charge in [-0.3, -0.25) is 0 Å². The van der Waals surface area contributed by atoms with Crippen molar-refractivity contribution >= 4 is 45.1 Å². The van der Waals surface area contributed by atoms with Crippen molar-refractivity contribution in [2.24, 2.45) is 20.0 Å². The van der Waals surface area contributed by atoms with Gasteiger partial charge in [0.1, 0.15) is 11.5 Å². The molecule has 0 fully saturated rings. The fourth-order valence-corrected chi connectivity index (χ4v) is 6.80. The van der Waals surface area contributed by atoms with Crippen molar-refractivity contribution in [3.63, 3.8) is 0 Å². The monoisotopic (exact) mass is 644 g/mol. The fourth-order valence-electron chi connectivity index (χ4n) is 6.80. The molecule has 6 nitrogen and oxygen atoms in total. The molecule has 0 aromatic heterocycles. The van der Waals surface area contributed by atoms with Crippen LogP contribution < -0.4 is 0 Å². The van der Waals surface area contributed by atoms with E-state index in [2.05, 4.69) is 24.3 Å². The number of hydrogen-bond acceptors (Lipinski definition) is 6. The summed E-state index contributed by atoms with van der Waals surface area (Å²) in [5.74, 6) is 0.300. The van der Waals surface area contributed by atoms with Crippen molar-refractivity contribution in [2.45, 2.75) is 0 Å². The number of nitrogens with zero attached hydrogens (tertiary/aromatic N) is 4. The van der Waals surface area contributed by atoms with E-state index in [9.17, 15) is 10.2 Å². The summed E-state index contributed by atoms with van der Waals surface area (Å²) < 4.78 is 0. The molecule has 9 rings (SSSR count). The van der Waals surface area contributed by atoms with E-state index in [1.807, 2.05) is 109 Å². The first-order valence-electron chi connectivity index (χ1n) is 16.3. The zero-order chi connectivity index (χ0) is 33.6. The predicted molar refractivity (Wildman–Crippen MR) is 203 cm³/mol. The lowest BCUT2D eigenvalue weighted by Gasteiger charge is -2.12. The molecule has 0 aliphatic carbocycles. The summed E-state index contributed by atoms with van der Waals surface area (Å²) in [4.78, 5) is 20.9. The van der Waals surface area contributed by atoms with Crippen LogP contribution in [0.3, 0.4) is 0 Å². The molecule has 0 radical (unpaired) electrons. The van der Waals surface area contributed by atoms with Crippen LogP contribution in [0.5, 0.6) is 11.5 Å². The van der Waals surface area contributed by atoms with Gasteiger partial charge in [-0.25, -0.2) is 20.0 Å². The quantitative estimate of drug-likeness (QED) is 0.232. The molecule has 5 aliphatic heterocycles. The second-order valence-electron chi connectivity index (χ2n) is 12.2. The number of hydrogen-bond donors (Lipinski definition) is 2. The lowest BCUT2D eigenvalue weighted by atomic mass is 9.98. The SMILES string of the molecule is Oc1cccc(C2=C3C=CC(=N3)C(c3cccc(O)c3)=C3C=CC(=N3)C(c3ccccc3)=C3C=CC(=N3)C(c3ccccc3)=C3C=CC2=N3)c1. The fraction of sp³-hybridized carbons (Fsp3) is 0. The van der Waals surface area contributed by atoms with E-state index in [1.54, 1.807) is 24.3 Å². The van der Waals surface area contributed by atoms with Crippen molar-refractivity contribution < 1.29 is 10.2 Å².